The van der Waals surface area contributed by atoms with Crippen LogP contribution in [0.25, 0.3) is 0 Å². The summed E-state index contributed by atoms with van der Waals surface area (Å²) in [5, 5.41) is 0. The Labute approximate surface area is 127 Å². The first-order valence-corrected chi connectivity index (χ1v) is 9.19. The van der Waals surface area contributed by atoms with E-state index in [-0.39, 0.29) is 28.6 Å². The highest BCUT2D eigenvalue weighted by Gasteiger charge is 2.21. The summed E-state index contributed by atoms with van der Waals surface area (Å²) in [6, 6.07) is 2.69. The second-order valence-electron chi connectivity index (χ2n) is 4.08. The molecule has 0 saturated carbocycles. The Hall–Kier alpha value is -1.32. The normalized spacial score (nSPS) is 12.9. The van der Waals surface area contributed by atoms with Gasteiger partial charge in [-0.05, 0) is 6.07 Å². The molecule has 0 radical (unpaired) electrons. The number of rotatable bonds is 8. The molecule has 1 aromatic carbocycles. The van der Waals surface area contributed by atoms with Crippen molar-refractivity contribution < 1.29 is 22.1 Å². The van der Waals surface area contributed by atoms with Gasteiger partial charge in [0.1, 0.15) is 16.4 Å². The van der Waals surface area contributed by atoms with Crippen LogP contribution in [0.4, 0.5) is 5.69 Å². The molecule has 0 heterocycles. The van der Waals surface area contributed by atoms with Crippen LogP contribution in [0.1, 0.15) is 6.92 Å². The molecule has 0 aliphatic heterocycles. The lowest BCUT2D eigenvalue weighted by Crippen LogP contribution is -2.28. The Morgan fingerprint density at radius 2 is 1.86 bits per heavy atom. The van der Waals surface area contributed by atoms with Gasteiger partial charge in [0.2, 0.25) is 10.0 Å². The van der Waals surface area contributed by atoms with Crippen molar-refractivity contribution in [1.29, 1.82) is 0 Å². The van der Waals surface area contributed by atoms with E-state index in [1.807, 2.05) is 0 Å². The fraction of sp³-hybridized carbons (Fsp3) is 0.500. The van der Waals surface area contributed by atoms with Crippen LogP contribution in [-0.4, -0.2) is 44.9 Å². The van der Waals surface area contributed by atoms with Gasteiger partial charge < -0.3 is 15.2 Å². The molecule has 7 nitrogen and oxygen atoms in total. The lowest BCUT2D eigenvalue weighted by atomic mass is 10.3. The number of sulfonamides is 1. The number of nitrogens with two attached hydrogens (primary N) is 1. The van der Waals surface area contributed by atoms with E-state index in [9.17, 15) is 12.6 Å². The average Bonchev–Trinajstić information content (AvgIpc) is 2.46. The minimum Gasteiger partial charge on any atom is -0.495 e. The van der Waals surface area contributed by atoms with E-state index in [1.165, 1.54) is 26.4 Å². The quantitative estimate of drug-likeness (QED) is 0.663. The molecule has 120 valence electrons. The maximum Gasteiger partial charge on any atom is 0.244 e. The molecule has 0 bridgehead atoms. The topological polar surface area (TPSA) is 108 Å². The maximum absolute atomic E-state index is 12.2. The molecule has 1 unspecified atom stereocenters. The van der Waals surface area contributed by atoms with Crippen LogP contribution in [-0.2, 0) is 20.8 Å². The van der Waals surface area contributed by atoms with Gasteiger partial charge in [0.15, 0.2) is 0 Å². The zero-order chi connectivity index (χ0) is 16.0. The highest BCUT2D eigenvalue weighted by atomic mass is 32.2. The number of ether oxygens (including phenoxy) is 2. The minimum absolute atomic E-state index is 0.0782. The van der Waals surface area contributed by atoms with Crippen molar-refractivity contribution in [3.63, 3.8) is 0 Å². The van der Waals surface area contributed by atoms with Gasteiger partial charge in [-0.1, -0.05) is 6.92 Å². The van der Waals surface area contributed by atoms with E-state index in [0.29, 0.717) is 11.5 Å². The first-order valence-electron chi connectivity index (χ1n) is 6.21. The molecule has 1 rings (SSSR count). The summed E-state index contributed by atoms with van der Waals surface area (Å²) in [4.78, 5) is -0.0782. The third-order valence-electron chi connectivity index (χ3n) is 2.75. The van der Waals surface area contributed by atoms with Crippen molar-refractivity contribution in [1.82, 2.24) is 4.72 Å². The molecule has 0 aliphatic rings. The third kappa shape index (κ3) is 4.58. The van der Waals surface area contributed by atoms with E-state index in [0.717, 1.165) is 0 Å². The monoisotopic (exact) mass is 336 g/mol. The Kier molecular flexibility index (Phi) is 6.43. The van der Waals surface area contributed by atoms with Crippen molar-refractivity contribution in [2.24, 2.45) is 0 Å². The van der Waals surface area contributed by atoms with E-state index >= 15 is 0 Å². The van der Waals surface area contributed by atoms with Crippen LogP contribution in [0.2, 0.25) is 0 Å². The number of nitrogen functional groups attached to an aromatic ring is 1. The molecule has 1 atom stereocenters. The second-order valence-corrected chi connectivity index (χ2v) is 7.68. The van der Waals surface area contributed by atoms with Crippen molar-refractivity contribution in [3.8, 4) is 11.5 Å². The predicted molar refractivity (Wildman–Crippen MR) is 82.7 cm³/mol. The Morgan fingerprint density at radius 3 is 2.38 bits per heavy atom. The number of benzene rings is 1. The van der Waals surface area contributed by atoms with Gasteiger partial charge in [-0.2, -0.15) is 0 Å². The van der Waals surface area contributed by atoms with Gasteiger partial charge in [-0.3, -0.25) is 4.21 Å². The highest BCUT2D eigenvalue weighted by molar-refractivity contribution is 7.89. The second kappa shape index (κ2) is 7.62. The lowest BCUT2D eigenvalue weighted by Gasteiger charge is -2.13. The molecule has 0 aromatic heterocycles. The number of hydrogen-bond donors (Lipinski definition) is 2. The van der Waals surface area contributed by atoms with E-state index in [1.54, 1.807) is 6.92 Å². The Balaban J connectivity index is 3.02. The zero-order valence-electron chi connectivity index (χ0n) is 12.2. The third-order valence-corrected chi connectivity index (χ3v) is 5.53. The standard InChI is InChI=1S/C12H20N2O5S2/c1-4-20(15)6-5-14-21(16,17)12-7-9(13)10(18-2)8-11(12)19-3/h7-8,14H,4-6,13H2,1-3H3. The molecule has 0 saturated heterocycles. The first kappa shape index (κ1) is 17.7. The fourth-order valence-corrected chi connectivity index (χ4v) is 3.58. The van der Waals surface area contributed by atoms with E-state index < -0.39 is 20.8 Å². The molecule has 21 heavy (non-hydrogen) atoms. The molecule has 0 spiro atoms. The number of methoxy groups -OCH3 is 2. The summed E-state index contributed by atoms with van der Waals surface area (Å²) in [5.74, 6) is 1.20. The summed E-state index contributed by atoms with van der Waals surface area (Å²) in [7, 11) is -2.05. The van der Waals surface area contributed by atoms with Crippen LogP contribution >= 0.6 is 0 Å². The fourth-order valence-electron chi connectivity index (χ4n) is 1.62. The molecular weight excluding hydrogens is 316 g/mol. The zero-order valence-corrected chi connectivity index (χ0v) is 13.8. The first-order chi connectivity index (χ1) is 9.85. The average molecular weight is 336 g/mol. The lowest BCUT2D eigenvalue weighted by molar-refractivity contribution is 0.387. The number of anilines is 1. The number of nitrogens with one attached hydrogen (secondary N) is 1. The van der Waals surface area contributed by atoms with Crippen molar-refractivity contribution >= 4 is 26.5 Å². The SMILES string of the molecule is CCS(=O)CCNS(=O)(=O)c1cc(N)c(OC)cc1OC. The van der Waals surface area contributed by atoms with Gasteiger partial charge in [0, 0.05) is 34.9 Å². The summed E-state index contributed by atoms with van der Waals surface area (Å²) in [6.45, 7) is 1.86. The van der Waals surface area contributed by atoms with Gasteiger partial charge >= 0.3 is 0 Å². The van der Waals surface area contributed by atoms with Gasteiger partial charge in [0.05, 0.1) is 19.9 Å². The summed E-state index contributed by atoms with van der Waals surface area (Å²) in [5.41, 5.74) is 5.92. The number of hydrogen-bond acceptors (Lipinski definition) is 6. The molecule has 9 heteroatoms. The van der Waals surface area contributed by atoms with Crippen LogP contribution < -0.4 is 19.9 Å². The van der Waals surface area contributed by atoms with Gasteiger partial charge in [0.25, 0.3) is 0 Å². The van der Waals surface area contributed by atoms with Gasteiger partial charge in [-0.15, -0.1) is 0 Å². The smallest absolute Gasteiger partial charge is 0.244 e. The molecule has 0 amide bonds. The van der Waals surface area contributed by atoms with Crippen molar-refractivity contribution in [2.45, 2.75) is 11.8 Å². The van der Waals surface area contributed by atoms with E-state index in [4.69, 9.17) is 15.2 Å². The predicted octanol–water partition coefficient (Wildman–Crippen LogP) is 0.333. The van der Waals surface area contributed by atoms with Crippen LogP contribution in [0.15, 0.2) is 17.0 Å². The molecule has 1 aromatic rings. The van der Waals surface area contributed by atoms with Crippen molar-refractivity contribution in [3.05, 3.63) is 12.1 Å². The van der Waals surface area contributed by atoms with Crippen LogP contribution in [0.3, 0.4) is 0 Å². The van der Waals surface area contributed by atoms with Crippen LogP contribution in [0, 0.1) is 0 Å². The minimum atomic E-state index is -3.80. The highest BCUT2D eigenvalue weighted by Crippen LogP contribution is 2.33. The summed E-state index contributed by atoms with van der Waals surface area (Å²) < 4.78 is 48.3. The molecule has 0 aliphatic carbocycles. The Morgan fingerprint density at radius 1 is 1.24 bits per heavy atom. The Bertz CT molecular complexity index is 616. The molecule has 3 N–H and O–H groups in total. The van der Waals surface area contributed by atoms with Crippen LogP contribution in [0.5, 0.6) is 11.5 Å². The van der Waals surface area contributed by atoms with Crippen molar-refractivity contribution in [2.75, 3.05) is 38.0 Å². The maximum atomic E-state index is 12.2. The molecular formula is C12H20N2O5S2. The van der Waals surface area contributed by atoms with Gasteiger partial charge in [-0.25, -0.2) is 13.1 Å². The summed E-state index contributed by atoms with van der Waals surface area (Å²) >= 11 is 0. The summed E-state index contributed by atoms with van der Waals surface area (Å²) in [6.07, 6.45) is 0. The largest absolute Gasteiger partial charge is 0.495 e. The van der Waals surface area contributed by atoms with E-state index in [2.05, 4.69) is 4.72 Å². The molecule has 0 fully saturated rings.